The maximum Gasteiger partial charge on any atom is 0.139 e. The maximum absolute atomic E-state index is 4.87. The minimum Gasteiger partial charge on any atom is -0.362 e. The van der Waals surface area contributed by atoms with Gasteiger partial charge in [0.25, 0.3) is 0 Å². The number of aryl methyl sites for hydroxylation is 1. The number of hydrogen-bond acceptors (Lipinski definition) is 5. The Balaban J connectivity index is 1.09. The summed E-state index contributed by atoms with van der Waals surface area (Å²) in [4.78, 5) is 16.2. The zero-order valence-corrected chi connectivity index (χ0v) is 19.4. The van der Waals surface area contributed by atoms with E-state index in [1.807, 2.05) is 12.3 Å². The first-order chi connectivity index (χ1) is 15.6. The molecule has 2 heterocycles. The third-order valence-electron chi connectivity index (χ3n) is 7.61. The number of aromatic nitrogens is 3. The summed E-state index contributed by atoms with van der Waals surface area (Å²) in [6.07, 6.45) is 12.2. The number of para-hydroxylation sites is 1. The van der Waals surface area contributed by atoms with Crippen molar-refractivity contribution < 1.29 is 0 Å². The van der Waals surface area contributed by atoms with E-state index in [9.17, 15) is 0 Å². The van der Waals surface area contributed by atoms with E-state index >= 15 is 0 Å². The van der Waals surface area contributed by atoms with E-state index < -0.39 is 0 Å². The lowest BCUT2D eigenvalue weighted by Gasteiger charge is -2.29. The quantitative estimate of drug-likeness (QED) is 0.536. The monoisotopic (exact) mass is 429 g/mol. The Hall–Kier alpha value is -2.53. The molecule has 5 rings (SSSR count). The molecule has 2 aliphatic carbocycles. The Morgan fingerprint density at radius 1 is 1.03 bits per heavy atom. The molecule has 168 valence electrons. The highest BCUT2D eigenvalue weighted by molar-refractivity contribution is 5.89. The molecule has 3 aromatic rings. The van der Waals surface area contributed by atoms with E-state index in [0.29, 0.717) is 11.5 Å². The van der Waals surface area contributed by atoms with Crippen LogP contribution in [-0.2, 0) is 13.0 Å². The molecule has 0 radical (unpaired) electrons. The van der Waals surface area contributed by atoms with Crippen molar-refractivity contribution >= 4 is 16.7 Å². The maximum atomic E-state index is 4.87. The summed E-state index contributed by atoms with van der Waals surface area (Å²) in [5.74, 6) is 2.88. The third-order valence-corrected chi connectivity index (χ3v) is 7.61. The van der Waals surface area contributed by atoms with Crippen LogP contribution < -0.4 is 10.2 Å². The van der Waals surface area contributed by atoms with Gasteiger partial charge in [0.1, 0.15) is 11.6 Å². The van der Waals surface area contributed by atoms with Crippen LogP contribution in [0.5, 0.6) is 0 Å². The topological polar surface area (TPSA) is 53.9 Å². The Morgan fingerprint density at radius 3 is 2.62 bits per heavy atom. The van der Waals surface area contributed by atoms with Crippen LogP contribution in [0, 0.1) is 11.3 Å². The molecule has 2 aromatic heterocycles. The summed E-state index contributed by atoms with van der Waals surface area (Å²) >= 11 is 0. The third kappa shape index (κ3) is 4.63. The Morgan fingerprint density at radius 2 is 1.84 bits per heavy atom. The molecule has 2 aliphatic rings. The highest BCUT2D eigenvalue weighted by Gasteiger charge is 2.54. The van der Waals surface area contributed by atoms with Crippen molar-refractivity contribution in [3.63, 3.8) is 0 Å². The normalized spacial score (nSPS) is 24.7. The molecular weight excluding hydrogens is 394 g/mol. The van der Waals surface area contributed by atoms with E-state index in [1.165, 1.54) is 44.9 Å². The number of nitrogens with one attached hydrogen (secondary N) is 1. The number of nitrogens with zero attached hydrogens (tertiary/aromatic N) is 4. The number of pyridine rings is 1. The highest BCUT2D eigenvalue weighted by atomic mass is 15.2. The van der Waals surface area contributed by atoms with Crippen molar-refractivity contribution in [3.05, 3.63) is 60.2 Å². The Labute approximate surface area is 191 Å². The molecule has 2 fully saturated rings. The summed E-state index contributed by atoms with van der Waals surface area (Å²) in [5, 5.41) is 4.89. The molecule has 32 heavy (non-hydrogen) atoms. The molecule has 0 aliphatic heterocycles. The lowest BCUT2D eigenvalue weighted by Crippen LogP contribution is -2.26. The van der Waals surface area contributed by atoms with Crippen molar-refractivity contribution in [2.24, 2.45) is 11.3 Å². The predicted octanol–water partition coefficient (Wildman–Crippen LogP) is 5.15. The second kappa shape index (κ2) is 9.14. The first-order valence-electron chi connectivity index (χ1n) is 12.2. The van der Waals surface area contributed by atoms with Gasteiger partial charge in [0.2, 0.25) is 0 Å². The average molecular weight is 430 g/mol. The molecular formula is C27H35N5. The van der Waals surface area contributed by atoms with Gasteiger partial charge in [-0.3, -0.25) is 4.98 Å². The lowest BCUT2D eigenvalue weighted by atomic mass is 9.77. The molecule has 1 spiro atoms. The molecule has 1 atom stereocenters. The molecule has 1 unspecified atom stereocenters. The van der Waals surface area contributed by atoms with Crippen LogP contribution >= 0.6 is 0 Å². The number of anilines is 1. The fraction of sp³-hybridized carbons (Fsp3) is 0.519. The van der Waals surface area contributed by atoms with E-state index in [0.717, 1.165) is 47.1 Å². The Kier molecular flexibility index (Phi) is 6.09. The highest BCUT2D eigenvalue weighted by Crippen LogP contribution is 2.57. The van der Waals surface area contributed by atoms with Gasteiger partial charge in [-0.1, -0.05) is 24.6 Å². The van der Waals surface area contributed by atoms with E-state index in [2.05, 4.69) is 65.7 Å². The summed E-state index contributed by atoms with van der Waals surface area (Å²) < 4.78 is 0. The molecule has 5 heteroatoms. The van der Waals surface area contributed by atoms with E-state index in [-0.39, 0.29) is 0 Å². The van der Waals surface area contributed by atoms with Gasteiger partial charge in [0.15, 0.2) is 0 Å². The van der Waals surface area contributed by atoms with Crippen LogP contribution in [0.4, 0.5) is 5.82 Å². The SMILES string of the molecule is CN(C)c1nc(CCCC2CCC3(CC2)CC3NCc2ccccn2)nc2ccccc12. The molecule has 0 bridgehead atoms. The van der Waals surface area contributed by atoms with E-state index in [1.54, 1.807) is 0 Å². The van der Waals surface area contributed by atoms with Crippen molar-refractivity contribution in [2.75, 3.05) is 19.0 Å². The van der Waals surface area contributed by atoms with Gasteiger partial charge in [-0.2, -0.15) is 0 Å². The van der Waals surface area contributed by atoms with Crippen LogP contribution in [0.2, 0.25) is 0 Å². The Bertz CT molecular complexity index is 1040. The number of fused-ring (bicyclic) bond motifs is 1. The van der Waals surface area contributed by atoms with Crippen molar-refractivity contribution in [3.8, 4) is 0 Å². The van der Waals surface area contributed by atoms with Crippen molar-refractivity contribution in [1.29, 1.82) is 0 Å². The van der Waals surface area contributed by atoms with Gasteiger partial charge in [0, 0.05) is 44.7 Å². The van der Waals surface area contributed by atoms with Crippen LogP contribution in [0.15, 0.2) is 48.7 Å². The second-order valence-electron chi connectivity index (χ2n) is 10.0. The van der Waals surface area contributed by atoms with Crippen LogP contribution in [-0.4, -0.2) is 35.1 Å². The zero-order chi connectivity index (χ0) is 22.0. The first-order valence-corrected chi connectivity index (χ1v) is 12.2. The molecule has 1 aromatic carbocycles. The fourth-order valence-corrected chi connectivity index (χ4v) is 5.57. The van der Waals surface area contributed by atoms with Crippen molar-refractivity contribution in [1.82, 2.24) is 20.3 Å². The zero-order valence-electron chi connectivity index (χ0n) is 19.4. The molecule has 1 N–H and O–H groups in total. The largest absolute Gasteiger partial charge is 0.362 e. The molecule has 0 amide bonds. The fourth-order valence-electron chi connectivity index (χ4n) is 5.57. The van der Waals surface area contributed by atoms with Crippen LogP contribution in [0.1, 0.15) is 56.5 Å². The minimum absolute atomic E-state index is 0.577. The molecule has 2 saturated carbocycles. The standard InChI is InChI=1S/C27H35N5/c1-32(2)26-22-10-3-4-11-23(22)30-25(31-26)12-7-8-20-13-15-27(16-14-20)18-24(27)29-19-21-9-5-6-17-28-21/h3-6,9-11,17,20,24,29H,7-8,12-16,18-19H2,1-2H3. The summed E-state index contributed by atoms with van der Waals surface area (Å²) in [5.41, 5.74) is 2.78. The van der Waals surface area contributed by atoms with Crippen LogP contribution in [0.3, 0.4) is 0 Å². The van der Waals surface area contributed by atoms with Gasteiger partial charge >= 0.3 is 0 Å². The summed E-state index contributed by atoms with van der Waals surface area (Å²) in [6.45, 7) is 0.900. The minimum atomic E-state index is 0.577. The average Bonchev–Trinajstić information content (AvgIpc) is 3.50. The lowest BCUT2D eigenvalue weighted by molar-refractivity contribution is 0.231. The van der Waals surface area contributed by atoms with Gasteiger partial charge in [-0.15, -0.1) is 0 Å². The number of hydrogen-bond donors (Lipinski definition) is 1. The van der Waals surface area contributed by atoms with Crippen LogP contribution in [0.25, 0.3) is 10.9 Å². The number of benzene rings is 1. The first kappa shape index (κ1) is 21.3. The molecule has 5 nitrogen and oxygen atoms in total. The van der Waals surface area contributed by atoms with E-state index in [4.69, 9.17) is 9.97 Å². The van der Waals surface area contributed by atoms with Gasteiger partial charge in [-0.25, -0.2) is 9.97 Å². The number of rotatable bonds is 8. The smallest absolute Gasteiger partial charge is 0.139 e. The van der Waals surface area contributed by atoms with Gasteiger partial charge in [-0.05, 0) is 74.1 Å². The second-order valence-corrected chi connectivity index (χ2v) is 10.0. The summed E-state index contributed by atoms with van der Waals surface area (Å²) in [7, 11) is 4.12. The van der Waals surface area contributed by atoms with Gasteiger partial charge < -0.3 is 10.2 Å². The van der Waals surface area contributed by atoms with Gasteiger partial charge in [0.05, 0.1) is 11.2 Å². The summed E-state index contributed by atoms with van der Waals surface area (Å²) in [6, 6.07) is 15.2. The molecule has 0 saturated heterocycles. The predicted molar refractivity (Wildman–Crippen MR) is 131 cm³/mol. The van der Waals surface area contributed by atoms with Crippen molar-refractivity contribution in [2.45, 2.75) is 64.0 Å².